The van der Waals surface area contributed by atoms with Crippen LogP contribution < -0.4 is 11.5 Å². The van der Waals surface area contributed by atoms with E-state index in [1.54, 1.807) is 0 Å². The van der Waals surface area contributed by atoms with Crippen LogP contribution in [0.25, 0.3) is 0 Å². The Morgan fingerprint density at radius 3 is 1.74 bits per heavy atom. The summed E-state index contributed by atoms with van der Waals surface area (Å²) in [7, 11) is 0. The van der Waals surface area contributed by atoms with E-state index < -0.39 is 6.17 Å². The Morgan fingerprint density at radius 2 is 1.26 bits per heavy atom. The number of nitrogens with two attached hydrogens (primary N) is 2. The molecule has 0 spiro atoms. The van der Waals surface area contributed by atoms with Crippen molar-refractivity contribution in [1.29, 1.82) is 0 Å². The summed E-state index contributed by atoms with van der Waals surface area (Å²) in [6.07, 6.45) is 4.78. The zero-order chi connectivity index (χ0) is 18.8. The Kier molecular flexibility index (Phi) is 4.50. The molecule has 6 atom stereocenters. The van der Waals surface area contributed by atoms with E-state index in [4.69, 9.17) is 30.4 Å². The monoisotopic (exact) mass is 376 g/mol. The molecule has 0 bridgehead atoms. The van der Waals surface area contributed by atoms with Crippen molar-refractivity contribution in [3.05, 3.63) is 22.3 Å². The van der Waals surface area contributed by atoms with Crippen molar-refractivity contribution in [2.75, 3.05) is 26.4 Å². The lowest BCUT2D eigenvalue weighted by Gasteiger charge is -2.48. The van der Waals surface area contributed by atoms with Crippen molar-refractivity contribution in [3.8, 4) is 0 Å². The van der Waals surface area contributed by atoms with Gasteiger partial charge in [0.1, 0.15) is 0 Å². The Labute approximate surface area is 161 Å². The molecule has 6 heteroatoms. The first-order valence-electron chi connectivity index (χ1n) is 10.4. The van der Waals surface area contributed by atoms with Gasteiger partial charge in [0, 0.05) is 18.3 Å². The van der Waals surface area contributed by atoms with Crippen molar-refractivity contribution >= 4 is 0 Å². The lowest BCUT2D eigenvalue weighted by atomic mass is 9.58. The summed E-state index contributed by atoms with van der Waals surface area (Å²) in [5.41, 5.74) is 18.4. The topological polar surface area (TPSA) is 102 Å². The fourth-order valence-corrected chi connectivity index (χ4v) is 4.89. The SMILES string of the molecule is CC1C(CC2CO2)=C(CC2CO2)C(CC2CO2)=C(CC2CO2)C1(C)C(N)N. The molecule has 5 aliphatic rings. The molecule has 150 valence electrons. The average Bonchev–Trinajstić information content (AvgIpc) is 3.43. The first-order valence-corrected chi connectivity index (χ1v) is 10.4. The summed E-state index contributed by atoms with van der Waals surface area (Å²) in [6, 6.07) is 0. The second-order valence-electron chi connectivity index (χ2n) is 9.13. The van der Waals surface area contributed by atoms with Gasteiger partial charge in [-0.25, -0.2) is 0 Å². The number of epoxide rings is 4. The Balaban J connectivity index is 1.61. The van der Waals surface area contributed by atoms with Gasteiger partial charge in [0.15, 0.2) is 0 Å². The van der Waals surface area contributed by atoms with Gasteiger partial charge in [-0.05, 0) is 29.9 Å². The molecule has 4 heterocycles. The molecule has 4 saturated heterocycles. The van der Waals surface area contributed by atoms with Gasteiger partial charge >= 0.3 is 0 Å². The lowest BCUT2D eigenvalue weighted by molar-refractivity contribution is 0.206. The minimum atomic E-state index is -0.412. The molecule has 0 aromatic carbocycles. The van der Waals surface area contributed by atoms with Crippen molar-refractivity contribution in [2.24, 2.45) is 22.8 Å². The third kappa shape index (κ3) is 3.63. The quantitative estimate of drug-likeness (QED) is 0.468. The first-order chi connectivity index (χ1) is 13.0. The highest BCUT2D eigenvalue weighted by Crippen LogP contribution is 2.54. The number of hydrogen-bond acceptors (Lipinski definition) is 6. The van der Waals surface area contributed by atoms with Crippen LogP contribution in [-0.4, -0.2) is 57.0 Å². The van der Waals surface area contributed by atoms with E-state index in [1.807, 2.05) is 0 Å². The predicted octanol–water partition coefficient (Wildman–Crippen LogP) is 1.63. The van der Waals surface area contributed by atoms with Crippen LogP contribution in [0, 0.1) is 11.3 Å². The van der Waals surface area contributed by atoms with Gasteiger partial charge in [-0.15, -0.1) is 0 Å². The molecule has 4 N–H and O–H groups in total. The molecular weight excluding hydrogens is 344 g/mol. The van der Waals surface area contributed by atoms with Crippen molar-refractivity contribution < 1.29 is 18.9 Å². The van der Waals surface area contributed by atoms with E-state index in [2.05, 4.69) is 13.8 Å². The highest BCUT2D eigenvalue weighted by Gasteiger charge is 2.49. The summed E-state index contributed by atoms with van der Waals surface area (Å²) in [6.45, 7) is 7.98. The lowest BCUT2D eigenvalue weighted by Crippen LogP contribution is -2.53. The molecule has 4 fully saturated rings. The second kappa shape index (κ2) is 6.65. The second-order valence-corrected chi connectivity index (χ2v) is 9.13. The van der Waals surface area contributed by atoms with Crippen LogP contribution in [-0.2, 0) is 18.9 Å². The normalized spacial score (nSPS) is 42.8. The van der Waals surface area contributed by atoms with E-state index in [-0.39, 0.29) is 11.3 Å². The third-order valence-electron chi connectivity index (χ3n) is 7.23. The molecule has 0 radical (unpaired) electrons. The Morgan fingerprint density at radius 1 is 0.815 bits per heavy atom. The average molecular weight is 376 g/mol. The molecule has 0 aromatic rings. The molecule has 5 rings (SSSR count). The maximum Gasteiger partial charge on any atom is 0.0850 e. The predicted molar refractivity (Wildman–Crippen MR) is 101 cm³/mol. The molecule has 1 aliphatic carbocycles. The van der Waals surface area contributed by atoms with Crippen LogP contribution in [0.5, 0.6) is 0 Å². The number of rotatable bonds is 9. The van der Waals surface area contributed by atoms with E-state index in [9.17, 15) is 0 Å². The molecule has 4 aliphatic heterocycles. The standard InChI is InChI=1S/C21H32N2O4/c1-11-16(3-12-7-24-12)17(4-13-8-25-13)18(5-14-9-26-14)19(6-15-10-27-15)21(11,2)20(22)23/h11-15,20H,3-10,22-23H2,1-2H3. The highest BCUT2D eigenvalue weighted by molar-refractivity contribution is 5.50. The van der Waals surface area contributed by atoms with Gasteiger partial charge in [-0.3, -0.25) is 0 Å². The van der Waals surface area contributed by atoms with Crippen LogP contribution in [0.15, 0.2) is 22.3 Å². The van der Waals surface area contributed by atoms with Gasteiger partial charge in [0.25, 0.3) is 0 Å². The van der Waals surface area contributed by atoms with E-state index >= 15 is 0 Å². The fraction of sp³-hybridized carbons (Fsp3) is 0.810. The zero-order valence-corrected chi connectivity index (χ0v) is 16.4. The van der Waals surface area contributed by atoms with Crippen LogP contribution in [0.3, 0.4) is 0 Å². The van der Waals surface area contributed by atoms with Crippen molar-refractivity contribution in [2.45, 2.75) is 70.1 Å². The summed E-state index contributed by atoms with van der Waals surface area (Å²) in [4.78, 5) is 0. The Hall–Kier alpha value is -0.760. The maximum absolute atomic E-state index is 6.45. The van der Waals surface area contributed by atoms with Gasteiger partial charge in [-0.1, -0.05) is 25.0 Å². The number of hydrogen-bond donors (Lipinski definition) is 2. The number of ether oxygens (including phenoxy) is 4. The van der Waals surface area contributed by atoms with Gasteiger partial charge in [-0.2, -0.15) is 0 Å². The van der Waals surface area contributed by atoms with Crippen LogP contribution in [0.4, 0.5) is 0 Å². The zero-order valence-electron chi connectivity index (χ0n) is 16.4. The van der Waals surface area contributed by atoms with Crippen molar-refractivity contribution in [1.82, 2.24) is 0 Å². The summed E-state index contributed by atoms with van der Waals surface area (Å²) in [5.74, 6) is 0.285. The largest absolute Gasteiger partial charge is 0.373 e. The first kappa shape index (κ1) is 18.3. The molecule has 0 saturated carbocycles. The minimum Gasteiger partial charge on any atom is -0.373 e. The van der Waals surface area contributed by atoms with Gasteiger partial charge < -0.3 is 30.4 Å². The molecule has 27 heavy (non-hydrogen) atoms. The van der Waals surface area contributed by atoms with Crippen LogP contribution in [0.2, 0.25) is 0 Å². The molecule has 6 unspecified atom stereocenters. The molecule has 0 aromatic heterocycles. The molecular formula is C21H32N2O4. The summed E-state index contributed by atoms with van der Waals surface area (Å²) >= 11 is 0. The smallest absolute Gasteiger partial charge is 0.0850 e. The summed E-state index contributed by atoms with van der Waals surface area (Å²) in [5, 5.41) is 0. The van der Waals surface area contributed by atoms with E-state index in [0.29, 0.717) is 24.4 Å². The molecule has 6 nitrogen and oxygen atoms in total. The molecule has 0 amide bonds. The van der Waals surface area contributed by atoms with Gasteiger partial charge in [0.2, 0.25) is 0 Å². The van der Waals surface area contributed by atoms with Crippen molar-refractivity contribution in [3.63, 3.8) is 0 Å². The van der Waals surface area contributed by atoms with Gasteiger partial charge in [0.05, 0.1) is 57.0 Å². The fourth-order valence-electron chi connectivity index (χ4n) is 4.89. The summed E-state index contributed by atoms with van der Waals surface area (Å²) < 4.78 is 22.5. The van der Waals surface area contributed by atoms with Crippen LogP contribution in [0.1, 0.15) is 39.5 Å². The van der Waals surface area contributed by atoms with Crippen LogP contribution >= 0.6 is 0 Å². The minimum absolute atomic E-state index is 0.270. The highest BCUT2D eigenvalue weighted by atomic mass is 16.6. The Bertz CT molecular complexity index is 672. The maximum atomic E-state index is 6.45. The van der Waals surface area contributed by atoms with E-state index in [0.717, 1.165) is 52.1 Å². The third-order valence-corrected chi connectivity index (χ3v) is 7.23. The van der Waals surface area contributed by atoms with E-state index in [1.165, 1.54) is 22.3 Å².